The third-order valence-corrected chi connectivity index (χ3v) is 7.67. The minimum atomic E-state index is -0.435. The van der Waals surface area contributed by atoms with E-state index in [1.807, 2.05) is 38.1 Å². The normalized spacial score (nSPS) is 13.9. The van der Waals surface area contributed by atoms with Crippen molar-refractivity contribution in [2.75, 3.05) is 30.0 Å². The summed E-state index contributed by atoms with van der Waals surface area (Å²) in [5.74, 6) is 1.06. The highest BCUT2D eigenvalue weighted by molar-refractivity contribution is 7.15. The number of hydrogen-bond donors (Lipinski definition) is 1. The zero-order valence-electron chi connectivity index (χ0n) is 23.0. The number of thiazole rings is 1. The van der Waals surface area contributed by atoms with Crippen molar-refractivity contribution < 1.29 is 19.1 Å². The Morgan fingerprint density at radius 3 is 2.36 bits per heavy atom. The molecule has 0 saturated heterocycles. The predicted octanol–water partition coefficient (Wildman–Crippen LogP) is 3.91. The van der Waals surface area contributed by atoms with Crippen molar-refractivity contribution in [1.29, 1.82) is 0 Å². The third-order valence-electron chi connectivity index (χ3n) is 6.64. The van der Waals surface area contributed by atoms with Gasteiger partial charge in [0.25, 0.3) is 11.5 Å². The maximum atomic E-state index is 13.7. The molecule has 0 bridgehead atoms. The molecular formula is C31H27N5O5S. The SMILES string of the molecule is CCCOc1ccc(-c2nc3sc(=C4C(=O)N(CC(=O)Nc5ccc(OCC)cc5)c5ccccc54)c(=O)n3n2)cc1. The van der Waals surface area contributed by atoms with Gasteiger partial charge in [0.05, 0.1) is 24.5 Å². The number of carbonyl (C=O) groups excluding carboxylic acids is 2. The summed E-state index contributed by atoms with van der Waals surface area (Å²) < 4.78 is 12.5. The topological polar surface area (TPSA) is 115 Å². The van der Waals surface area contributed by atoms with Crippen molar-refractivity contribution in [2.24, 2.45) is 0 Å². The zero-order valence-corrected chi connectivity index (χ0v) is 23.8. The van der Waals surface area contributed by atoms with Crippen LogP contribution < -0.4 is 29.8 Å². The number of nitrogens with one attached hydrogen (secondary N) is 1. The molecule has 1 aliphatic rings. The Morgan fingerprint density at radius 2 is 1.64 bits per heavy atom. The Morgan fingerprint density at radius 1 is 0.929 bits per heavy atom. The number of anilines is 2. The highest BCUT2D eigenvalue weighted by Gasteiger charge is 2.35. The second-order valence-corrected chi connectivity index (χ2v) is 10.5. The molecule has 0 unspecified atom stereocenters. The fourth-order valence-electron chi connectivity index (χ4n) is 4.73. The van der Waals surface area contributed by atoms with Crippen LogP contribution in [0.15, 0.2) is 77.6 Å². The molecule has 3 aromatic carbocycles. The van der Waals surface area contributed by atoms with E-state index in [9.17, 15) is 14.4 Å². The average molecular weight is 582 g/mol. The molecule has 0 atom stereocenters. The van der Waals surface area contributed by atoms with Gasteiger partial charge < -0.3 is 14.8 Å². The van der Waals surface area contributed by atoms with Crippen molar-refractivity contribution in [3.05, 3.63) is 93.2 Å². The number of amides is 2. The van der Waals surface area contributed by atoms with Crippen molar-refractivity contribution in [2.45, 2.75) is 20.3 Å². The van der Waals surface area contributed by atoms with Gasteiger partial charge in [0, 0.05) is 16.8 Å². The predicted molar refractivity (Wildman–Crippen MR) is 161 cm³/mol. The van der Waals surface area contributed by atoms with Gasteiger partial charge >= 0.3 is 0 Å². The molecule has 0 fully saturated rings. The van der Waals surface area contributed by atoms with E-state index in [2.05, 4.69) is 15.4 Å². The van der Waals surface area contributed by atoms with Crippen LogP contribution in [-0.2, 0) is 9.59 Å². The summed E-state index contributed by atoms with van der Waals surface area (Å²) in [4.78, 5) is 46.5. The van der Waals surface area contributed by atoms with E-state index in [0.717, 1.165) is 29.1 Å². The lowest BCUT2D eigenvalue weighted by Gasteiger charge is -2.16. The van der Waals surface area contributed by atoms with Crippen LogP contribution in [0.5, 0.6) is 11.5 Å². The molecule has 2 aromatic heterocycles. The third kappa shape index (κ3) is 5.10. The molecule has 42 heavy (non-hydrogen) atoms. The van der Waals surface area contributed by atoms with Gasteiger partial charge in [-0.1, -0.05) is 36.5 Å². The second-order valence-electron chi connectivity index (χ2n) is 9.53. The molecule has 5 aromatic rings. The summed E-state index contributed by atoms with van der Waals surface area (Å²) in [5.41, 5.74) is 2.27. The number of rotatable bonds is 9. The van der Waals surface area contributed by atoms with Gasteiger partial charge in [-0.3, -0.25) is 19.3 Å². The lowest BCUT2D eigenvalue weighted by molar-refractivity contribution is -0.118. The van der Waals surface area contributed by atoms with Crippen LogP contribution in [0.25, 0.3) is 21.9 Å². The van der Waals surface area contributed by atoms with Crippen LogP contribution in [0.3, 0.4) is 0 Å². The van der Waals surface area contributed by atoms with Gasteiger partial charge in [-0.05, 0) is 67.9 Å². The van der Waals surface area contributed by atoms with Crippen molar-refractivity contribution in [1.82, 2.24) is 14.6 Å². The molecule has 10 nitrogen and oxygen atoms in total. The summed E-state index contributed by atoms with van der Waals surface area (Å²) in [6.45, 7) is 4.89. The molecule has 0 spiro atoms. The molecule has 3 heterocycles. The molecular weight excluding hydrogens is 554 g/mol. The Hall–Kier alpha value is -5.03. The lowest BCUT2D eigenvalue weighted by atomic mass is 10.1. The minimum Gasteiger partial charge on any atom is -0.494 e. The van der Waals surface area contributed by atoms with E-state index >= 15 is 0 Å². The van der Waals surface area contributed by atoms with E-state index in [4.69, 9.17) is 9.47 Å². The Labute approximate surface area is 244 Å². The number of fused-ring (bicyclic) bond motifs is 2. The molecule has 1 aliphatic heterocycles. The Balaban J connectivity index is 1.29. The molecule has 2 amide bonds. The highest BCUT2D eigenvalue weighted by Crippen LogP contribution is 2.35. The molecule has 6 rings (SSSR count). The highest BCUT2D eigenvalue weighted by atomic mass is 32.1. The number of carbonyl (C=O) groups is 2. The number of nitrogens with zero attached hydrogens (tertiary/aromatic N) is 4. The molecule has 0 saturated carbocycles. The van der Waals surface area contributed by atoms with Gasteiger partial charge in [-0.15, -0.1) is 5.10 Å². The number of para-hydroxylation sites is 1. The summed E-state index contributed by atoms with van der Waals surface area (Å²) in [7, 11) is 0. The molecule has 1 N–H and O–H groups in total. The first kappa shape index (κ1) is 27.2. The van der Waals surface area contributed by atoms with Crippen LogP contribution in [0, 0.1) is 0 Å². The lowest BCUT2D eigenvalue weighted by Crippen LogP contribution is -2.37. The van der Waals surface area contributed by atoms with Crippen molar-refractivity contribution in [3.8, 4) is 22.9 Å². The smallest absolute Gasteiger partial charge is 0.291 e. The summed E-state index contributed by atoms with van der Waals surface area (Å²) in [5, 5.41) is 7.25. The van der Waals surface area contributed by atoms with E-state index in [-0.39, 0.29) is 22.6 Å². The Bertz CT molecular complexity index is 1900. The maximum absolute atomic E-state index is 13.7. The number of aromatic nitrogens is 3. The summed E-state index contributed by atoms with van der Waals surface area (Å²) >= 11 is 1.10. The van der Waals surface area contributed by atoms with Gasteiger partial charge in [0.2, 0.25) is 10.9 Å². The molecule has 212 valence electrons. The number of benzene rings is 3. The fourth-order valence-corrected chi connectivity index (χ4v) is 5.73. The van der Waals surface area contributed by atoms with E-state index in [1.54, 1.807) is 48.5 Å². The zero-order chi connectivity index (χ0) is 29.2. The van der Waals surface area contributed by atoms with Crippen molar-refractivity contribution >= 4 is 45.1 Å². The monoisotopic (exact) mass is 581 g/mol. The van der Waals surface area contributed by atoms with E-state index in [0.29, 0.717) is 46.7 Å². The van der Waals surface area contributed by atoms with Crippen LogP contribution in [-0.4, -0.2) is 46.2 Å². The maximum Gasteiger partial charge on any atom is 0.291 e. The van der Waals surface area contributed by atoms with E-state index in [1.165, 1.54) is 9.42 Å². The standard InChI is InChI=1S/C31H27N5O5S/c1-3-17-41-22-13-9-19(10-14-22)28-33-31-36(34-28)30(39)27(42-31)26-23-7-5-6-8-24(23)35(29(26)38)18-25(37)32-20-11-15-21(16-12-20)40-4-2/h5-16H,3-4,17-18H2,1-2H3,(H,32,37). The first-order chi connectivity index (χ1) is 20.5. The average Bonchev–Trinajstić information content (AvgIpc) is 3.64. The minimum absolute atomic E-state index is 0.219. The van der Waals surface area contributed by atoms with Gasteiger partial charge in [-0.2, -0.15) is 9.50 Å². The van der Waals surface area contributed by atoms with Crippen molar-refractivity contribution in [3.63, 3.8) is 0 Å². The molecule has 11 heteroatoms. The van der Waals surface area contributed by atoms with E-state index < -0.39 is 11.5 Å². The van der Waals surface area contributed by atoms with Crippen LogP contribution >= 0.6 is 11.3 Å². The molecule has 0 radical (unpaired) electrons. The van der Waals surface area contributed by atoms with Crippen LogP contribution in [0.1, 0.15) is 25.8 Å². The fraction of sp³-hybridized carbons (Fsp3) is 0.194. The van der Waals surface area contributed by atoms with Gasteiger partial charge in [0.1, 0.15) is 22.6 Å². The summed E-state index contributed by atoms with van der Waals surface area (Å²) in [6.07, 6.45) is 0.913. The van der Waals surface area contributed by atoms with Gasteiger partial charge in [0.15, 0.2) is 5.82 Å². The first-order valence-electron chi connectivity index (χ1n) is 13.6. The number of hydrogen-bond acceptors (Lipinski definition) is 8. The first-order valence-corrected chi connectivity index (χ1v) is 14.4. The largest absolute Gasteiger partial charge is 0.494 e. The Kier molecular flexibility index (Phi) is 7.41. The molecule has 0 aliphatic carbocycles. The quantitative estimate of drug-likeness (QED) is 0.281. The summed E-state index contributed by atoms with van der Waals surface area (Å²) in [6, 6.07) is 21.5. The number of ether oxygens (including phenoxy) is 2. The van der Waals surface area contributed by atoms with Crippen LogP contribution in [0.4, 0.5) is 11.4 Å². The second kappa shape index (κ2) is 11.5. The van der Waals surface area contributed by atoms with Crippen LogP contribution in [0.2, 0.25) is 0 Å². The van der Waals surface area contributed by atoms with Gasteiger partial charge in [-0.25, -0.2) is 0 Å².